The maximum absolute atomic E-state index is 13.3. The van der Waals surface area contributed by atoms with Crippen molar-refractivity contribution in [1.29, 1.82) is 0 Å². The first-order chi connectivity index (χ1) is 13.2. The van der Waals surface area contributed by atoms with Crippen LogP contribution >= 0.6 is 0 Å². The fourth-order valence-corrected chi connectivity index (χ4v) is 4.34. The van der Waals surface area contributed by atoms with Crippen molar-refractivity contribution in [1.82, 2.24) is 9.78 Å². The van der Waals surface area contributed by atoms with Gasteiger partial charge in [0.05, 0.1) is 17.2 Å². The minimum Gasteiger partial charge on any atom is -0.299 e. The molecule has 0 saturated heterocycles. The van der Waals surface area contributed by atoms with E-state index in [0.29, 0.717) is 17.8 Å². The van der Waals surface area contributed by atoms with E-state index >= 15 is 0 Å². The van der Waals surface area contributed by atoms with Gasteiger partial charge in [-0.3, -0.25) is 14.7 Å². The molecule has 0 amide bonds. The first kappa shape index (κ1) is 16.0. The zero-order valence-electron chi connectivity index (χ0n) is 14.8. The van der Waals surface area contributed by atoms with Crippen LogP contribution in [-0.2, 0) is 4.79 Å². The van der Waals surface area contributed by atoms with Crippen LogP contribution in [0.3, 0.4) is 0 Å². The molecule has 5 rings (SSSR count). The highest BCUT2D eigenvalue weighted by Gasteiger charge is 2.43. The Bertz CT molecular complexity index is 1090. The van der Waals surface area contributed by atoms with Gasteiger partial charge in [-0.15, -0.1) is 0 Å². The van der Waals surface area contributed by atoms with Gasteiger partial charge in [-0.2, -0.15) is 0 Å². The quantitative estimate of drug-likeness (QED) is 0.759. The number of nitrogens with one attached hydrogen (secondary N) is 1. The summed E-state index contributed by atoms with van der Waals surface area (Å²) in [5, 5.41) is 3.17. The van der Waals surface area contributed by atoms with E-state index in [1.165, 1.54) is 4.68 Å². The van der Waals surface area contributed by atoms with Gasteiger partial charge in [-0.05, 0) is 30.5 Å². The third-order valence-corrected chi connectivity index (χ3v) is 5.54. The van der Waals surface area contributed by atoms with Crippen LogP contribution in [-0.4, -0.2) is 21.3 Å². The molecule has 2 aliphatic rings. The zero-order valence-corrected chi connectivity index (χ0v) is 14.8. The highest BCUT2D eigenvalue weighted by Crippen LogP contribution is 2.43. The average Bonchev–Trinajstić information content (AvgIpc) is 3.04. The maximum Gasteiger partial charge on any atom is 0.277 e. The molecule has 3 aromatic rings. The number of aromatic nitrogens is 2. The molecular weight excluding hydrogens is 338 g/mol. The predicted octanol–water partition coefficient (Wildman–Crippen LogP) is 3.75. The van der Waals surface area contributed by atoms with E-state index in [4.69, 9.17) is 4.99 Å². The van der Waals surface area contributed by atoms with Gasteiger partial charge in [0.2, 0.25) is 0 Å². The van der Waals surface area contributed by atoms with E-state index in [1.807, 2.05) is 60.7 Å². The number of benzene rings is 2. The van der Waals surface area contributed by atoms with E-state index < -0.39 is 0 Å². The lowest BCUT2D eigenvalue weighted by Crippen LogP contribution is -2.38. The summed E-state index contributed by atoms with van der Waals surface area (Å²) >= 11 is 0. The van der Waals surface area contributed by atoms with Crippen LogP contribution in [0.15, 0.2) is 70.5 Å². The Hall–Kier alpha value is -3.21. The molecule has 2 atom stereocenters. The van der Waals surface area contributed by atoms with Gasteiger partial charge in [0, 0.05) is 18.1 Å². The van der Waals surface area contributed by atoms with Crippen LogP contribution in [0, 0.1) is 5.92 Å². The number of fused-ring (bicyclic) bond motifs is 2. The summed E-state index contributed by atoms with van der Waals surface area (Å²) in [5.41, 5.74) is 3.11. The van der Waals surface area contributed by atoms with Gasteiger partial charge in [0.1, 0.15) is 5.78 Å². The van der Waals surface area contributed by atoms with Crippen molar-refractivity contribution < 1.29 is 4.79 Å². The van der Waals surface area contributed by atoms with Gasteiger partial charge >= 0.3 is 0 Å². The number of ketones is 1. The number of hydrogen-bond acceptors (Lipinski definition) is 3. The fourth-order valence-electron chi connectivity index (χ4n) is 4.34. The van der Waals surface area contributed by atoms with Crippen LogP contribution in [0.5, 0.6) is 0 Å². The molecule has 0 radical (unpaired) electrons. The monoisotopic (exact) mass is 357 g/mol. The van der Waals surface area contributed by atoms with Crippen molar-refractivity contribution in [2.45, 2.75) is 25.2 Å². The van der Waals surface area contributed by atoms with Crippen molar-refractivity contribution in [3.63, 3.8) is 0 Å². The number of carbonyl (C=O) groups excluding carboxylic acids is 1. The molecular formula is C22H19N3O2. The predicted molar refractivity (Wildman–Crippen MR) is 104 cm³/mol. The first-order valence-corrected chi connectivity index (χ1v) is 9.29. The van der Waals surface area contributed by atoms with Crippen molar-refractivity contribution in [2.24, 2.45) is 10.9 Å². The van der Waals surface area contributed by atoms with Gasteiger partial charge < -0.3 is 0 Å². The maximum atomic E-state index is 13.3. The largest absolute Gasteiger partial charge is 0.299 e. The van der Waals surface area contributed by atoms with Gasteiger partial charge in [-0.25, -0.2) is 9.67 Å². The standard InChI is InChI=1S/C22H19N3O2/c26-17-13-7-12-16-19(17)18(14-8-3-1-4-9-14)20-21(23-16)24-25(22(20)27)15-10-5-2-6-11-15/h1-6,8-11,18-19,24H,7,12-13H2/t18-,19+/m0/s1. The Balaban J connectivity index is 1.76. The second kappa shape index (κ2) is 6.20. The third kappa shape index (κ3) is 2.50. The second-order valence-corrected chi connectivity index (χ2v) is 7.14. The lowest BCUT2D eigenvalue weighted by Gasteiger charge is -2.33. The lowest BCUT2D eigenvalue weighted by molar-refractivity contribution is -0.121. The summed E-state index contributed by atoms with van der Waals surface area (Å²) in [5.74, 6) is 0.154. The van der Waals surface area contributed by atoms with E-state index in [0.717, 1.165) is 29.8 Å². The molecule has 1 N–H and O–H groups in total. The Kier molecular flexibility index (Phi) is 3.67. The van der Waals surface area contributed by atoms with Crippen molar-refractivity contribution >= 4 is 17.3 Å². The van der Waals surface area contributed by atoms with Crippen molar-refractivity contribution in [3.05, 3.63) is 82.1 Å². The van der Waals surface area contributed by atoms with Crippen LogP contribution in [0.4, 0.5) is 5.82 Å². The molecule has 2 heterocycles. The van der Waals surface area contributed by atoms with Crippen LogP contribution < -0.4 is 5.56 Å². The smallest absolute Gasteiger partial charge is 0.277 e. The molecule has 1 aromatic heterocycles. The van der Waals surface area contributed by atoms with E-state index in [1.54, 1.807) is 0 Å². The molecule has 0 spiro atoms. The highest BCUT2D eigenvalue weighted by molar-refractivity contribution is 6.10. The van der Waals surface area contributed by atoms with Gasteiger partial charge in [0.25, 0.3) is 5.56 Å². The number of hydrogen-bond donors (Lipinski definition) is 1. The Morgan fingerprint density at radius 2 is 1.59 bits per heavy atom. The molecule has 2 aromatic carbocycles. The van der Waals surface area contributed by atoms with Crippen LogP contribution in [0.2, 0.25) is 0 Å². The topological polar surface area (TPSA) is 67.2 Å². The minimum absolute atomic E-state index is 0.133. The SMILES string of the molecule is O=C1CCCC2=Nc3[nH]n(-c4ccccc4)c(=O)c3[C@@H](c3ccccc3)[C@@H]12. The fraction of sp³-hybridized carbons (Fsp3) is 0.227. The van der Waals surface area contributed by atoms with Gasteiger partial charge in [-0.1, -0.05) is 48.5 Å². The lowest BCUT2D eigenvalue weighted by atomic mass is 9.70. The minimum atomic E-state index is -0.332. The number of para-hydroxylation sites is 1. The average molecular weight is 357 g/mol. The Labute approximate surface area is 156 Å². The summed E-state index contributed by atoms with van der Waals surface area (Å²) < 4.78 is 1.53. The van der Waals surface area contributed by atoms with E-state index in [-0.39, 0.29) is 23.2 Å². The molecule has 1 aliphatic heterocycles. The molecule has 1 saturated carbocycles. The molecule has 0 bridgehead atoms. The third-order valence-electron chi connectivity index (χ3n) is 5.54. The molecule has 1 fully saturated rings. The summed E-state index contributed by atoms with van der Waals surface area (Å²) in [4.78, 5) is 30.9. The first-order valence-electron chi connectivity index (χ1n) is 9.29. The highest BCUT2D eigenvalue weighted by atomic mass is 16.1. The molecule has 5 nitrogen and oxygen atoms in total. The van der Waals surface area contributed by atoms with E-state index in [2.05, 4.69) is 5.10 Å². The number of rotatable bonds is 2. The summed E-state index contributed by atoms with van der Waals surface area (Å²) in [6.45, 7) is 0. The molecule has 134 valence electrons. The van der Waals surface area contributed by atoms with Crippen molar-refractivity contribution in [3.8, 4) is 5.69 Å². The molecule has 5 heteroatoms. The normalized spacial score (nSPS) is 21.3. The van der Waals surface area contributed by atoms with Gasteiger partial charge in [0.15, 0.2) is 5.82 Å². The number of Topliss-reactive ketones (excluding diaryl/α,β-unsaturated/α-hetero) is 1. The molecule has 1 aliphatic carbocycles. The number of aliphatic imine (C=N–C) groups is 1. The Morgan fingerprint density at radius 3 is 2.33 bits per heavy atom. The summed E-state index contributed by atoms with van der Waals surface area (Å²) in [6.07, 6.45) is 2.19. The number of H-pyrrole nitrogens is 1. The Morgan fingerprint density at radius 1 is 0.889 bits per heavy atom. The summed E-state index contributed by atoms with van der Waals surface area (Å²) in [7, 11) is 0. The second-order valence-electron chi connectivity index (χ2n) is 7.14. The van der Waals surface area contributed by atoms with Crippen LogP contribution in [0.25, 0.3) is 5.69 Å². The number of aromatic amines is 1. The summed E-state index contributed by atoms with van der Waals surface area (Å²) in [6, 6.07) is 19.3. The number of carbonyl (C=O) groups is 1. The molecule has 27 heavy (non-hydrogen) atoms. The van der Waals surface area contributed by atoms with Crippen molar-refractivity contribution in [2.75, 3.05) is 0 Å². The molecule has 0 unspecified atom stereocenters. The zero-order chi connectivity index (χ0) is 18.4. The number of nitrogens with zero attached hydrogens (tertiary/aromatic N) is 2. The van der Waals surface area contributed by atoms with Crippen LogP contribution in [0.1, 0.15) is 36.3 Å². The van der Waals surface area contributed by atoms with E-state index in [9.17, 15) is 9.59 Å².